The minimum atomic E-state index is -3.56. The van der Waals surface area contributed by atoms with Crippen LogP contribution in [0, 0.1) is 5.92 Å². The first-order valence-corrected chi connectivity index (χ1v) is 8.89. The Morgan fingerprint density at radius 1 is 1.55 bits per heavy atom. The number of hydrogen-bond acceptors (Lipinski definition) is 5. The molecule has 1 amide bonds. The summed E-state index contributed by atoms with van der Waals surface area (Å²) >= 11 is 0. The number of carbonyl (C=O) groups is 1. The van der Waals surface area contributed by atoms with Crippen molar-refractivity contribution in [2.75, 3.05) is 24.3 Å². The fourth-order valence-corrected chi connectivity index (χ4v) is 3.90. The first-order chi connectivity index (χ1) is 10.4. The smallest absolute Gasteiger partial charge is 0.244 e. The Morgan fingerprint density at radius 3 is 3.05 bits per heavy atom. The van der Waals surface area contributed by atoms with E-state index in [1.807, 2.05) is 13.0 Å². The molecule has 1 aliphatic heterocycles. The lowest BCUT2D eigenvalue weighted by atomic mass is 10.0. The molecule has 0 fully saturated rings. The predicted octanol–water partition coefficient (Wildman–Crippen LogP) is 0.537. The fourth-order valence-electron chi connectivity index (χ4n) is 2.33. The van der Waals surface area contributed by atoms with Gasteiger partial charge in [0.1, 0.15) is 11.9 Å². The van der Waals surface area contributed by atoms with E-state index in [0.29, 0.717) is 25.5 Å². The summed E-state index contributed by atoms with van der Waals surface area (Å²) in [4.78, 5) is 16.0. The van der Waals surface area contributed by atoms with Gasteiger partial charge in [0, 0.05) is 19.2 Å². The zero-order valence-corrected chi connectivity index (χ0v) is 13.5. The maximum atomic E-state index is 12.2. The molecule has 0 bridgehead atoms. The summed E-state index contributed by atoms with van der Waals surface area (Å²) in [5.74, 6) is -0.102. The summed E-state index contributed by atoms with van der Waals surface area (Å²) < 4.78 is 32.0. The van der Waals surface area contributed by atoms with Gasteiger partial charge >= 0.3 is 0 Å². The molecule has 2 N–H and O–H groups in total. The fraction of sp³-hybridized carbons (Fsp3) is 0.571. The van der Waals surface area contributed by atoms with Crippen molar-refractivity contribution in [2.24, 2.45) is 5.92 Å². The molecule has 0 radical (unpaired) electrons. The van der Waals surface area contributed by atoms with Gasteiger partial charge in [-0.15, -0.1) is 0 Å². The second kappa shape index (κ2) is 7.17. The number of pyridine rings is 1. The first kappa shape index (κ1) is 16.9. The highest BCUT2D eigenvalue weighted by molar-refractivity contribution is 7.89. The minimum absolute atomic E-state index is 0.0727. The van der Waals surface area contributed by atoms with E-state index in [1.165, 1.54) is 0 Å². The van der Waals surface area contributed by atoms with Crippen LogP contribution in [-0.4, -0.2) is 44.3 Å². The molecular weight excluding hydrogens is 306 g/mol. The Bertz CT molecular complexity index is 633. The third kappa shape index (κ3) is 4.49. The number of rotatable bonds is 7. The average molecular weight is 327 g/mol. The summed E-state index contributed by atoms with van der Waals surface area (Å²) in [5, 5.41) is 2.62. The number of ether oxygens (including phenoxy) is 1. The van der Waals surface area contributed by atoms with Crippen LogP contribution in [-0.2, 0) is 26.0 Å². The van der Waals surface area contributed by atoms with Gasteiger partial charge in [-0.1, -0.05) is 13.0 Å². The van der Waals surface area contributed by atoms with Gasteiger partial charge in [-0.05, 0) is 24.5 Å². The molecule has 22 heavy (non-hydrogen) atoms. The van der Waals surface area contributed by atoms with Gasteiger partial charge in [0.25, 0.3) is 0 Å². The summed E-state index contributed by atoms with van der Waals surface area (Å²) in [5.41, 5.74) is 0.817. The molecular formula is C14H21N3O4S. The lowest BCUT2D eigenvalue weighted by molar-refractivity contribution is -0.118. The van der Waals surface area contributed by atoms with Gasteiger partial charge in [0.05, 0.1) is 12.4 Å². The van der Waals surface area contributed by atoms with E-state index in [9.17, 15) is 13.2 Å². The Hall–Kier alpha value is -1.51. The number of aromatic nitrogens is 1. The predicted molar refractivity (Wildman–Crippen MR) is 82.9 cm³/mol. The van der Waals surface area contributed by atoms with Crippen molar-refractivity contribution < 1.29 is 17.9 Å². The number of anilines is 1. The number of nitrogens with one attached hydrogen (secondary N) is 2. The van der Waals surface area contributed by atoms with Crippen molar-refractivity contribution in [3.63, 3.8) is 0 Å². The second-order valence-electron chi connectivity index (χ2n) is 5.42. The highest BCUT2D eigenvalue weighted by Gasteiger charge is 2.30. The monoisotopic (exact) mass is 327 g/mol. The van der Waals surface area contributed by atoms with E-state index >= 15 is 0 Å². The van der Waals surface area contributed by atoms with E-state index in [-0.39, 0.29) is 17.6 Å². The number of fused-ring (bicyclic) bond motifs is 1. The van der Waals surface area contributed by atoms with Crippen molar-refractivity contribution in [1.82, 2.24) is 9.71 Å². The van der Waals surface area contributed by atoms with Crippen LogP contribution >= 0.6 is 0 Å². The van der Waals surface area contributed by atoms with Crippen LogP contribution < -0.4 is 10.0 Å². The molecule has 1 aromatic rings. The SMILES string of the molecule is CCOCC(C)CS(=O)(=O)NC1Cc2cccnc2NC1=O. The molecule has 0 spiro atoms. The van der Waals surface area contributed by atoms with E-state index in [4.69, 9.17) is 4.74 Å². The molecule has 122 valence electrons. The maximum absolute atomic E-state index is 12.2. The molecule has 1 aliphatic rings. The molecule has 2 rings (SSSR count). The van der Waals surface area contributed by atoms with Gasteiger partial charge < -0.3 is 10.1 Å². The van der Waals surface area contributed by atoms with Gasteiger partial charge in [-0.25, -0.2) is 18.1 Å². The van der Waals surface area contributed by atoms with E-state index in [0.717, 1.165) is 5.56 Å². The van der Waals surface area contributed by atoms with Crippen LogP contribution in [0.1, 0.15) is 19.4 Å². The van der Waals surface area contributed by atoms with E-state index in [1.54, 1.807) is 19.2 Å². The Balaban J connectivity index is 1.99. The zero-order valence-electron chi connectivity index (χ0n) is 12.7. The van der Waals surface area contributed by atoms with Gasteiger partial charge in [0.15, 0.2) is 0 Å². The zero-order chi connectivity index (χ0) is 16.2. The first-order valence-electron chi connectivity index (χ1n) is 7.23. The van der Waals surface area contributed by atoms with Crippen molar-refractivity contribution in [3.05, 3.63) is 23.9 Å². The molecule has 2 heterocycles. The Kier molecular flexibility index (Phi) is 5.49. The van der Waals surface area contributed by atoms with Crippen LogP contribution in [0.25, 0.3) is 0 Å². The molecule has 0 saturated carbocycles. The molecule has 8 heteroatoms. The van der Waals surface area contributed by atoms with Gasteiger partial charge in [-0.3, -0.25) is 4.79 Å². The lowest BCUT2D eigenvalue weighted by Crippen LogP contribution is -2.49. The Morgan fingerprint density at radius 2 is 2.32 bits per heavy atom. The van der Waals surface area contributed by atoms with Gasteiger partial charge in [-0.2, -0.15) is 0 Å². The van der Waals surface area contributed by atoms with Crippen LogP contribution in [0.3, 0.4) is 0 Å². The topological polar surface area (TPSA) is 97.4 Å². The normalized spacial score (nSPS) is 19.4. The van der Waals surface area contributed by atoms with Crippen molar-refractivity contribution >= 4 is 21.7 Å². The molecule has 0 aliphatic carbocycles. The highest BCUT2D eigenvalue weighted by Crippen LogP contribution is 2.19. The molecule has 2 atom stereocenters. The number of sulfonamides is 1. The van der Waals surface area contributed by atoms with E-state index in [2.05, 4.69) is 15.0 Å². The Labute approximate surface area is 130 Å². The molecule has 7 nitrogen and oxygen atoms in total. The minimum Gasteiger partial charge on any atom is -0.381 e. The van der Waals surface area contributed by atoms with Crippen molar-refractivity contribution in [3.8, 4) is 0 Å². The number of hydrogen-bond donors (Lipinski definition) is 2. The molecule has 1 aromatic heterocycles. The summed E-state index contributed by atoms with van der Waals surface area (Å²) in [6.45, 7) is 4.58. The third-order valence-electron chi connectivity index (χ3n) is 3.31. The summed E-state index contributed by atoms with van der Waals surface area (Å²) in [6, 6.07) is 2.77. The number of nitrogens with zero attached hydrogens (tertiary/aromatic N) is 1. The van der Waals surface area contributed by atoms with Crippen LogP contribution in [0.5, 0.6) is 0 Å². The molecule has 0 saturated heterocycles. The van der Waals surface area contributed by atoms with Crippen molar-refractivity contribution in [2.45, 2.75) is 26.3 Å². The third-order valence-corrected chi connectivity index (χ3v) is 4.96. The highest BCUT2D eigenvalue weighted by atomic mass is 32.2. The quantitative estimate of drug-likeness (QED) is 0.762. The standard InChI is InChI=1S/C14H21N3O4S/c1-3-21-8-10(2)9-22(19,20)17-12-7-11-5-4-6-15-13(11)16-14(12)18/h4-6,10,12,17H,3,7-9H2,1-2H3,(H,15,16,18). The average Bonchev–Trinajstić information content (AvgIpc) is 2.45. The van der Waals surface area contributed by atoms with Crippen LogP contribution in [0.15, 0.2) is 18.3 Å². The summed E-state index contributed by atoms with van der Waals surface area (Å²) in [7, 11) is -3.56. The maximum Gasteiger partial charge on any atom is 0.244 e. The molecule has 2 unspecified atom stereocenters. The van der Waals surface area contributed by atoms with Crippen LogP contribution in [0.2, 0.25) is 0 Å². The van der Waals surface area contributed by atoms with Gasteiger partial charge in [0.2, 0.25) is 15.9 Å². The van der Waals surface area contributed by atoms with Crippen molar-refractivity contribution in [1.29, 1.82) is 0 Å². The van der Waals surface area contributed by atoms with E-state index < -0.39 is 16.1 Å². The largest absolute Gasteiger partial charge is 0.381 e. The molecule has 0 aromatic carbocycles. The number of amides is 1. The summed E-state index contributed by atoms with van der Waals surface area (Å²) in [6.07, 6.45) is 1.88. The second-order valence-corrected chi connectivity index (χ2v) is 7.22. The van der Waals surface area contributed by atoms with Crippen LogP contribution in [0.4, 0.5) is 5.82 Å². The number of carbonyl (C=O) groups excluding carboxylic acids is 1. The lowest BCUT2D eigenvalue weighted by Gasteiger charge is -2.24.